The van der Waals surface area contributed by atoms with Crippen LogP contribution in [0, 0.1) is 23.7 Å². The summed E-state index contributed by atoms with van der Waals surface area (Å²) in [6, 6.07) is 0. The molecule has 4 unspecified atom stereocenters. The lowest BCUT2D eigenvalue weighted by molar-refractivity contribution is -0.131. The number of aldehydes is 4. The van der Waals surface area contributed by atoms with Crippen molar-refractivity contribution in [3.05, 3.63) is 11.5 Å². The number of hydrogen-bond acceptors (Lipinski definition) is 6. The van der Waals surface area contributed by atoms with Gasteiger partial charge in [-0.25, -0.2) is 0 Å². The number of carbonyl (C=O) groups is 4. The van der Waals surface area contributed by atoms with Crippen LogP contribution in [-0.4, -0.2) is 35.4 Å². The zero-order chi connectivity index (χ0) is 12.3. The fourth-order valence-corrected chi connectivity index (χ4v) is 1.85. The summed E-state index contributed by atoms with van der Waals surface area (Å²) in [5, 5.41) is 18.8. The van der Waals surface area contributed by atoms with Gasteiger partial charge in [0.05, 0.1) is 11.8 Å². The van der Waals surface area contributed by atoms with Crippen molar-refractivity contribution in [2.75, 3.05) is 0 Å². The van der Waals surface area contributed by atoms with Crippen LogP contribution in [0.1, 0.15) is 0 Å². The second kappa shape index (κ2) is 4.69. The molecule has 16 heavy (non-hydrogen) atoms. The Bertz CT molecular complexity index is 324. The van der Waals surface area contributed by atoms with Gasteiger partial charge in [-0.3, -0.25) is 0 Å². The number of rotatable bonds is 4. The maximum atomic E-state index is 10.8. The molecule has 0 heterocycles. The summed E-state index contributed by atoms with van der Waals surface area (Å²) >= 11 is 0. The molecular formula is C10H10O6. The van der Waals surface area contributed by atoms with E-state index in [1.54, 1.807) is 0 Å². The van der Waals surface area contributed by atoms with Gasteiger partial charge in [0.2, 0.25) is 0 Å². The highest BCUT2D eigenvalue weighted by Gasteiger charge is 2.44. The molecule has 4 atom stereocenters. The fourth-order valence-electron chi connectivity index (χ4n) is 1.85. The molecule has 0 radical (unpaired) electrons. The molecule has 0 spiro atoms. The quantitative estimate of drug-likeness (QED) is 0.630. The van der Waals surface area contributed by atoms with Crippen molar-refractivity contribution in [2.45, 2.75) is 0 Å². The minimum absolute atomic E-state index is 0.266. The molecule has 1 aliphatic rings. The van der Waals surface area contributed by atoms with Crippen LogP contribution in [0.4, 0.5) is 0 Å². The SMILES string of the molecule is O=CC1C(O)=C(O)C(C=O)C(C=O)C1C=O. The van der Waals surface area contributed by atoms with E-state index < -0.39 is 35.2 Å². The molecule has 0 aromatic heterocycles. The third-order valence-electron chi connectivity index (χ3n) is 2.78. The van der Waals surface area contributed by atoms with Gasteiger partial charge in [-0.2, -0.15) is 0 Å². The third kappa shape index (κ3) is 1.62. The van der Waals surface area contributed by atoms with Crippen molar-refractivity contribution >= 4 is 25.1 Å². The molecule has 6 nitrogen and oxygen atoms in total. The molecule has 1 aliphatic carbocycles. The van der Waals surface area contributed by atoms with Gasteiger partial charge in [-0.1, -0.05) is 0 Å². The number of aliphatic hydroxyl groups is 2. The summed E-state index contributed by atoms with van der Waals surface area (Å²) in [5.74, 6) is -6.24. The fraction of sp³-hybridized carbons (Fsp3) is 0.400. The minimum atomic E-state index is -1.27. The molecule has 1 rings (SSSR count). The molecule has 0 aromatic rings. The van der Waals surface area contributed by atoms with Crippen molar-refractivity contribution in [2.24, 2.45) is 23.7 Å². The molecule has 2 N–H and O–H groups in total. The summed E-state index contributed by atoms with van der Waals surface area (Å²) in [6.07, 6.45) is 1.19. The van der Waals surface area contributed by atoms with Crippen LogP contribution in [0.2, 0.25) is 0 Å². The molecule has 0 saturated heterocycles. The van der Waals surface area contributed by atoms with Crippen LogP contribution in [-0.2, 0) is 19.2 Å². The van der Waals surface area contributed by atoms with Crippen LogP contribution in [0.5, 0.6) is 0 Å². The summed E-state index contributed by atoms with van der Waals surface area (Å²) < 4.78 is 0. The van der Waals surface area contributed by atoms with Gasteiger partial charge in [0.15, 0.2) is 0 Å². The topological polar surface area (TPSA) is 109 Å². The van der Waals surface area contributed by atoms with E-state index in [2.05, 4.69) is 0 Å². The second-order valence-corrected chi connectivity index (χ2v) is 3.52. The van der Waals surface area contributed by atoms with E-state index in [1.807, 2.05) is 0 Å². The lowest BCUT2D eigenvalue weighted by Crippen LogP contribution is -2.40. The highest BCUT2D eigenvalue weighted by Crippen LogP contribution is 2.37. The first-order valence-corrected chi connectivity index (χ1v) is 4.55. The van der Waals surface area contributed by atoms with Gasteiger partial charge in [0.25, 0.3) is 0 Å². The molecule has 0 saturated carbocycles. The van der Waals surface area contributed by atoms with Gasteiger partial charge in [-0.05, 0) is 0 Å². The highest BCUT2D eigenvalue weighted by atomic mass is 16.3. The molecule has 0 aromatic carbocycles. The molecular weight excluding hydrogens is 216 g/mol. The van der Waals surface area contributed by atoms with Gasteiger partial charge in [0.1, 0.15) is 36.7 Å². The maximum absolute atomic E-state index is 10.8. The van der Waals surface area contributed by atoms with Crippen molar-refractivity contribution in [3.8, 4) is 0 Å². The first kappa shape index (κ1) is 12.1. The Kier molecular flexibility index (Phi) is 3.55. The first-order valence-electron chi connectivity index (χ1n) is 4.55. The van der Waals surface area contributed by atoms with Crippen LogP contribution < -0.4 is 0 Å². The van der Waals surface area contributed by atoms with E-state index in [1.165, 1.54) is 0 Å². The Labute approximate surface area is 90.6 Å². The van der Waals surface area contributed by atoms with Gasteiger partial charge in [0, 0.05) is 11.8 Å². The molecule has 6 heteroatoms. The molecule has 0 fully saturated rings. The predicted octanol–water partition coefficient (Wildman–Crippen LogP) is -0.412. The summed E-state index contributed by atoms with van der Waals surface area (Å²) in [7, 11) is 0. The Hall–Kier alpha value is -1.98. The zero-order valence-electron chi connectivity index (χ0n) is 8.15. The van der Waals surface area contributed by atoms with Crippen LogP contribution in [0.25, 0.3) is 0 Å². The summed E-state index contributed by atoms with van der Waals surface area (Å²) in [4.78, 5) is 42.9. The average molecular weight is 226 g/mol. The lowest BCUT2D eigenvalue weighted by Gasteiger charge is -2.31. The molecule has 86 valence electrons. The van der Waals surface area contributed by atoms with E-state index in [0.29, 0.717) is 12.6 Å². The minimum Gasteiger partial charge on any atom is -0.508 e. The number of hydrogen-bond donors (Lipinski definition) is 2. The Morgan fingerprint density at radius 2 is 1.00 bits per heavy atom. The summed E-state index contributed by atoms with van der Waals surface area (Å²) in [5.41, 5.74) is 0. The lowest BCUT2D eigenvalue weighted by atomic mass is 9.71. The van der Waals surface area contributed by atoms with Gasteiger partial charge >= 0.3 is 0 Å². The smallest absolute Gasteiger partial charge is 0.141 e. The molecule has 0 aliphatic heterocycles. The van der Waals surface area contributed by atoms with E-state index in [0.717, 1.165) is 0 Å². The standard InChI is InChI=1S/C10H10O6/c11-1-5-6(2-12)8(4-14)10(16)9(15)7(5)3-13/h1-8,15-16H. The van der Waals surface area contributed by atoms with E-state index in [4.69, 9.17) is 0 Å². The van der Waals surface area contributed by atoms with Crippen molar-refractivity contribution in [3.63, 3.8) is 0 Å². The van der Waals surface area contributed by atoms with E-state index in [-0.39, 0.29) is 12.6 Å². The highest BCUT2D eigenvalue weighted by molar-refractivity contribution is 5.78. The Balaban J connectivity index is 3.31. The molecule has 0 amide bonds. The Morgan fingerprint density at radius 3 is 1.19 bits per heavy atom. The van der Waals surface area contributed by atoms with Gasteiger partial charge in [-0.15, -0.1) is 0 Å². The predicted molar refractivity (Wildman–Crippen MR) is 50.5 cm³/mol. The third-order valence-corrected chi connectivity index (χ3v) is 2.78. The normalized spacial score (nSPS) is 34.2. The van der Waals surface area contributed by atoms with Crippen molar-refractivity contribution in [1.29, 1.82) is 0 Å². The molecule has 0 bridgehead atoms. The number of carbonyl (C=O) groups excluding carboxylic acids is 4. The average Bonchev–Trinajstić information content (AvgIpc) is 2.31. The summed E-state index contributed by atoms with van der Waals surface area (Å²) in [6.45, 7) is 0. The van der Waals surface area contributed by atoms with Gasteiger partial charge < -0.3 is 29.4 Å². The first-order chi connectivity index (χ1) is 7.62. The number of aliphatic hydroxyl groups excluding tert-OH is 2. The number of allylic oxidation sites excluding steroid dienone is 2. The van der Waals surface area contributed by atoms with Crippen molar-refractivity contribution < 1.29 is 29.4 Å². The second-order valence-electron chi connectivity index (χ2n) is 3.52. The monoisotopic (exact) mass is 226 g/mol. The van der Waals surface area contributed by atoms with E-state index in [9.17, 15) is 29.4 Å². The largest absolute Gasteiger partial charge is 0.508 e. The van der Waals surface area contributed by atoms with Crippen LogP contribution in [0.3, 0.4) is 0 Å². The van der Waals surface area contributed by atoms with Crippen LogP contribution in [0.15, 0.2) is 11.5 Å². The maximum Gasteiger partial charge on any atom is 0.141 e. The zero-order valence-corrected chi connectivity index (χ0v) is 8.15. The Morgan fingerprint density at radius 1 is 0.688 bits per heavy atom. The van der Waals surface area contributed by atoms with Crippen molar-refractivity contribution in [1.82, 2.24) is 0 Å². The van der Waals surface area contributed by atoms with E-state index >= 15 is 0 Å². The van der Waals surface area contributed by atoms with Crippen LogP contribution >= 0.6 is 0 Å².